The third kappa shape index (κ3) is 3.52. The van der Waals surface area contributed by atoms with Crippen molar-refractivity contribution in [2.45, 2.75) is 51.1 Å². The molecule has 2 aliphatic rings. The van der Waals surface area contributed by atoms with Crippen LogP contribution in [-0.4, -0.2) is 41.9 Å². The predicted octanol–water partition coefficient (Wildman–Crippen LogP) is 1.87. The molecule has 1 spiro atoms. The van der Waals surface area contributed by atoms with Crippen molar-refractivity contribution in [2.24, 2.45) is 0 Å². The zero-order valence-electron chi connectivity index (χ0n) is 15.3. The molecule has 26 heavy (non-hydrogen) atoms. The SMILES string of the molecule is COc1cc(CNC(=O)CCN2C(=O)NC3(CCCC3)C2=O)ccc1C. The highest BCUT2D eigenvalue weighted by Gasteiger charge is 2.52. The summed E-state index contributed by atoms with van der Waals surface area (Å²) in [5.74, 6) is 0.395. The van der Waals surface area contributed by atoms with E-state index >= 15 is 0 Å². The Labute approximate surface area is 153 Å². The van der Waals surface area contributed by atoms with Crippen molar-refractivity contribution in [3.05, 3.63) is 29.3 Å². The number of rotatable bonds is 6. The number of aryl methyl sites for hydroxylation is 1. The van der Waals surface area contributed by atoms with Gasteiger partial charge in [-0.1, -0.05) is 25.0 Å². The fourth-order valence-electron chi connectivity index (χ4n) is 3.67. The monoisotopic (exact) mass is 359 g/mol. The highest BCUT2D eigenvalue weighted by atomic mass is 16.5. The molecule has 1 heterocycles. The molecule has 7 nitrogen and oxygen atoms in total. The molecule has 0 atom stereocenters. The molecule has 0 unspecified atom stereocenters. The molecular formula is C19H25N3O4. The van der Waals surface area contributed by atoms with Crippen molar-refractivity contribution in [1.82, 2.24) is 15.5 Å². The van der Waals surface area contributed by atoms with Gasteiger partial charge in [0.2, 0.25) is 5.91 Å². The van der Waals surface area contributed by atoms with Gasteiger partial charge in [-0.2, -0.15) is 0 Å². The van der Waals surface area contributed by atoms with E-state index in [1.165, 1.54) is 4.90 Å². The minimum atomic E-state index is -0.716. The van der Waals surface area contributed by atoms with Crippen molar-refractivity contribution >= 4 is 17.8 Å². The van der Waals surface area contributed by atoms with Gasteiger partial charge in [-0.05, 0) is 37.0 Å². The molecule has 1 aromatic carbocycles. The van der Waals surface area contributed by atoms with E-state index in [2.05, 4.69) is 10.6 Å². The summed E-state index contributed by atoms with van der Waals surface area (Å²) in [5, 5.41) is 5.64. The lowest BCUT2D eigenvalue weighted by Crippen LogP contribution is -2.44. The first-order valence-electron chi connectivity index (χ1n) is 8.99. The number of hydrogen-bond donors (Lipinski definition) is 2. The maximum Gasteiger partial charge on any atom is 0.325 e. The minimum absolute atomic E-state index is 0.0955. The van der Waals surface area contributed by atoms with Gasteiger partial charge < -0.3 is 15.4 Å². The summed E-state index contributed by atoms with van der Waals surface area (Å²) in [4.78, 5) is 37.9. The molecule has 2 N–H and O–H groups in total. The standard InChI is InChI=1S/C19H25N3O4/c1-13-5-6-14(11-15(13)26-2)12-20-16(23)7-10-22-17(24)19(21-18(22)25)8-3-4-9-19/h5-6,11H,3-4,7-10,12H2,1-2H3,(H,20,23)(H,21,25). The van der Waals surface area contributed by atoms with Gasteiger partial charge >= 0.3 is 6.03 Å². The van der Waals surface area contributed by atoms with Crippen molar-refractivity contribution in [1.29, 1.82) is 0 Å². The van der Waals surface area contributed by atoms with E-state index < -0.39 is 5.54 Å². The van der Waals surface area contributed by atoms with Crippen LogP contribution in [0.3, 0.4) is 0 Å². The molecule has 0 aromatic heterocycles. The van der Waals surface area contributed by atoms with Gasteiger partial charge in [0.25, 0.3) is 5.91 Å². The molecule has 1 aliphatic carbocycles. The summed E-state index contributed by atoms with van der Waals surface area (Å²) in [6.45, 7) is 2.44. The van der Waals surface area contributed by atoms with Gasteiger partial charge in [0.1, 0.15) is 11.3 Å². The van der Waals surface area contributed by atoms with E-state index in [4.69, 9.17) is 4.74 Å². The van der Waals surface area contributed by atoms with Crippen molar-refractivity contribution in [3.63, 3.8) is 0 Å². The molecule has 4 amide bonds. The third-order valence-electron chi connectivity index (χ3n) is 5.23. The Morgan fingerprint density at radius 1 is 1.31 bits per heavy atom. The smallest absolute Gasteiger partial charge is 0.325 e. The normalized spacial score (nSPS) is 18.3. The number of carbonyl (C=O) groups excluding carboxylic acids is 3. The quantitative estimate of drug-likeness (QED) is 0.759. The first-order valence-corrected chi connectivity index (χ1v) is 8.99. The number of benzene rings is 1. The van der Waals surface area contributed by atoms with Gasteiger partial charge in [-0.25, -0.2) is 4.79 Å². The van der Waals surface area contributed by atoms with Crippen LogP contribution in [0.2, 0.25) is 0 Å². The van der Waals surface area contributed by atoms with Crippen molar-refractivity contribution < 1.29 is 19.1 Å². The fraction of sp³-hybridized carbons (Fsp3) is 0.526. The van der Waals surface area contributed by atoms with Crippen molar-refractivity contribution in [3.8, 4) is 5.75 Å². The third-order valence-corrected chi connectivity index (χ3v) is 5.23. The van der Waals surface area contributed by atoms with Crippen LogP contribution in [0.5, 0.6) is 5.75 Å². The maximum atomic E-state index is 12.5. The zero-order valence-corrected chi connectivity index (χ0v) is 15.3. The van der Waals surface area contributed by atoms with Gasteiger partial charge in [0, 0.05) is 19.5 Å². The van der Waals surface area contributed by atoms with Crippen LogP contribution in [0.1, 0.15) is 43.2 Å². The summed E-state index contributed by atoms with van der Waals surface area (Å²) < 4.78 is 5.28. The van der Waals surface area contributed by atoms with Crippen LogP contribution in [-0.2, 0) is 16.1 Å². The molecular weight excluding hydrogens is 334 g/mol. The number of hydrogen-bond acceptors (Lipinski definition) is 4. The van der Waals surface area contributed by atoms with Crippen LogP contribution >= 0.6 is 0 Å². The minimum Gasteiger partial charge on any atom is -0.496 e. The van der Waals surface area contributed by atoms with Crippen molar-refractivity contribution in [2.75, 3.05) is 13.7 Å². The van der Waals surface area contributed by atoms with Crippen LogP contribution < -0.4 is 15.4 Å². The number of methoxy groups -OCH3 is 1. The Bertz CT molecular complexity index is 725. The van der Waals surface area contributed by atoms with E-state index in [1.54, 1.807) is 7.11 Å². The number of nitrogens with zero attached hydrogens (tertiary/aromatic N) is 1. The summed E-state index contributed by atoms with van der Waals surface area (Å²) >= 11 is 0. The van der Waals surface area contributed by atoms with E-state index in [1.807, 2.05) is 25.1 Å². The van der Waals surface area contributed by atoms with Crippen LogP contribution in [0.15, 0.2) is 18.2 Å². The molecule has 3 rings (SSSR count). The number of carbonyl (C=O) groups is 3. The average molecular weight is 359 g/mol. The molecule has 7 heteroatoms. The number of urea groups is 1. The van der Waals surface area contributed by atoms with Crippen LogP contribution in [0.4, 0.5) is 4.79 Å². The van der Waals surface area contributed by atoms with Gasteiger partial charge in [-0.3, -0.25) is 14.5 Å². The topological polar surface area (TPSA) is 87.7 Å². The number of ether oxygens (including phenoxy) is 1. The first kappa shape index (κ1) is 18.2. The van der Waals surface area contributed by atoms with Crippen LogP contribution in [0, 0.1) is 6.92 Å². The Morgan fingerprint density at radius 2 is 2.04 bits per heavy atom. The first-order chi connectivity index (χ1) is 12.4. The second-order valence-corrected chi connectivity index (χ2v) is 7.01. The van der Waals surface area contributed by atoms with Gasteiger partial charge in [0.05, 0.1) is 7.11 Å². The molecule has 1 aromatic rings. The molecule has 0 radical (unpaired) electrons. The fourth-order valence-corrected chi connectivity index (χ4v) is 3.67. The van der Waals surface area contributed by atoms with Gasteiger partial charge in [-0.15, -0.1) is 0 Å². The lowest BCUT2D eigenvalue weighted by atomic mass is 9.98. The number of nitrogens with one attached hydrogen (secondary N) is 2. The summed E-state index contributed by atoms with van der Waals surface area (Å²) in [6, 6.07) is 5.37. The Balaban J connectivity index is 1.50. The second kappa shape index (κ2) is 7.35. The highest BCUT2D eigenvalue weighted by molar-refractivity contribution is 6.07. The molecule has 140 valence electrons. The Kier molecular flexibility index (Phi) is 5.15. The van der Waals surface area contributed by atoms with E-state index in [0.29, 0.717) is 19.4 Å². The number of amides is 4. The Hall–Kier alpha value is -2.57. The molecule has 0 bridgehead atoms. The largest absolute Gasteiger partial charge is 0.496 e. The zero-order chi connectivity index (χ0) is 18.7. The summed E-state index contributed by atoms with van der Waals surface area (Å²) in [5.41, 5.74) is 1.24. The summed E-state index contributed by atoms with van der Waals surface area (Å²) in [7, 11) is 1.61. The van der Waals surface area contributed by atoms with E-state index in [0.717, 1.165) is 29.7 Å². The van der Waals surface area contributed by atoms with E-state index in [9.17, 15) is 14.4 Å². The lowest BCUT2D eigenvalue weighted by molar-refractivity contribution is -0.131. The van der Waals surface area contributed by atoms with E-state index in [-0.39, 0.29) is 30.8 Å². The molecule has 1 aliphatic heterocycles. The average Bonchev–Trinajstić information content (AvgIpc) is 3.18. The summed E-state index contributed by atoms with van der Waals surface area (Å²) in [6.07, 6.45) is 3.37. The molecule has 1 saturated carbocycles. The molecule has 2 fully saturated rings. The second-order valence-electron chi connectivity index (χ2n) is 7.01. The van der Waals surface area contributed by atoms with Crippen LogP contribution in [0.25, 0.3) is 0 Å². The number of imide groups is 1. The van der Waals surface area contributed by atoms with Gasteiger partial charge in [0.15, 0.2) is 0 Å². The maximum absolute atomic E-state index is 12.5. The highest BCUT2D eigenvalue weighted by Crippen LogP contribution is 2.35. The molecule has 1 saturated heterocycles. The Morgan fingerprint density at radius 3 is 2.73 bits per heavy atom. The lowest BCUT2D eigenvalue weighted by Gasteiger charge is -2.19. The predicted molar refractivity (Wildman–Crippen MR) is 95.6 cm³/mol.